The van der Waals surface area contributed by atoms with Gasteiger partial charge in [0.2, 0.25) is 5.91 Å². The van der Waals surface area contributed by atoms with E-state index in [4.69, 9.17) is 5.41 Å². The number of carbonyl (C=O) groups excluding carboxylic acids is 1. The van der Waals surface area contributed by atoms with Crippen molar-refractivity contribution in [1.29, 1.82) is 5.41 Å². The summed E-state index contributed by atoms with van der Waals surface area (Å²) >= 11 is 1.57. The minimum atomic E-state index is -0.729. The van der Waals surface area contributed by atoms with E-state index in [1.165, 1.54) is 23.3 Å². The molecule has 2 fully saturated rings. The molecule has 1 aliphatic heterocycles. The molecule has 1 aliphatic carbocycles. The van der Waals surface area contributed by atoms with Gasteiger partial charge in [-0.1, -0.05) is 24.3 Å². The first-order chi connectivity index (χ1) is 14.5. The van der Waals surface area contributed by atoms with Crippen LogP contribution >= 0.6 is 11.3 Å². The van der Waals surface area contributed by atoms with Gasteiger partial charge in [-0.05, 0) is 42.9 Å². The number of guanidine groups is 1. The lowest BCUT2D eigenvalue weighted by atomic mass is 9.76. The van der Waals surface area contributed by atoms with E-state index in [-0.39, 0.29) is 11.9 Å². The zero-order valence-electron chi connectivity index (χ0n) is 16.9. The third-order valence-electron chi connectivity index (χ3n) is 6.16. The average Bonchev–Trinajstić information content (AvgIpc) is 3.48. The first-order valence-electron chi connectivity index (χ1n) is 10.1. The number of rotatable bonds is 4. The molecule has 30 heavy (non-hydrogen) atoms. The van der Waals surface area contributed by atoms with Crippen LogP contribution in [0, 0.1) is 5.41 Å². The molecule has 1 amide bonds. The third kappa shape index (κ3) is 3.10. The Morgan fingerprint density at radius 3 is 2.60 bits per heavy atom. The molecule has 0 radical (unpaired) electrons. The molecule has 0 spiro atoms. The van der Waals surface area contributed by atoms with Crippen LogP contribution in [-0.2, 0) is 10.3 Å². The van der Waals surface area contributed by atoms with Gasteiger partial charge in [0.1, 0.15) is 0 Å². The monoisotopic (exact) mass is 417 g/mol. The molecule has 0 bridgehead atoms. The summed E-state index contributed by atoms with van der Waals surface area (Å²) < 4.78 is 0. The average molecular weight is 418 g/mol. The topological polar surface area (TPSA) is 82.0 Å². The second-order valence-electron chi connectivity index (χ2n) is 8.24. The number of nitrogens with one attached hydrogen (secondary N) is 2. The highest BCUT2D eigenvalue weighted by molar-refractivity contribution is 7.10. The fraction of sp³-hybridized carbons (Fsp3) is 0.304. The Balaban J connectivity index is 1.57. The number of nitrogens with zero attached hydrogens (tertiary/aromatic N) is 3. The maximum absolute atomic E-state index is 13.4. The summed E-state index contributed by atoms with van der Waals surface area (Å²) in [6.07, 6.45) is 7.56. The van der Waals surface area contributed by atoms with Crippen molar-refractivity contribution in [3.8, 4) is 11.3 Å². The predicted molar refractivity (Wildman–Crippen MR) is 117 cm³/mol. The minimum absolute atomic E-state index is 0.0742. The molecule has 5 rings (SSSR count). The van der Waals surface area contributed by atoms with Crippen molar-refractivity contribution in [2.45, 2.75) is 37.1 Å². The largest absolute Gasteiger partial charge is 0.345 e. The molecule has 2 aromatic heterocycles. The van der Waals surface area contributed by atoms with Crippen molar-refractivity contribution in [1.82, 2.24) is 20.2 Å². The standard InChI is InChI=1S/C23H23N5OS/c1-23(19-11-17(13-30-19)18-12-25-9-10-26-18)20(21(29)28(2)22(24)27-23)16-7-5-15(6-8-16)14-3-4-14/h5-14,20H,3-4H2,1-2H3,(H2,24,27)/t20?,23-/m1/s1. The van der Waals surface area contributed by atoms with Gasteiger partial charge in [-0.3, -0.25) is 25.1 Å². The van der Waals surface area contributed by atoms with Crippen molar-refractivity contribution >= 4 is 23.2 Å². The van der Waals surface area contributed by atoms with Crippen molar-refractivity contribution < 1.29 is 4.79 Å². The molecular weight excluding hydrogens is 394 g/mol. The van der Waals surface area contributed by atoms with Gasteiger partial charge >= 0.3 is 0 Å². The number of carbonyl (C=O) groups is 1. The molecule has 1 unspecified atom stereocenters. The maximum Gasteiger partial charge on any atom is 0.239 e. The van der Waals surface area contributed by atoms with Gasteiger partial charge in [0.25, 0.3) is 0 Å². The molecule has 2 aliphatic rings. The highest BCUT2D eigenvalue weighted by atomic mass is 32.1. The maximum atomic E-state index is 13.4. The summed E-state index contributed by atoms with van der Waals surface area (Å²) in [5.41, 5.74) is 3.34. The number of thiophene rings is 1. The highest BCUT2D eigenvalue weighted by Crippen LogP contribution is 2.45. The second kappa shape index (κ2) is 7.02. The van der Waals surface area contributed by atoms with Gasteiger partial charge in [0.15, 0.2) is 5.96 Å². The lowest BCUT2D eigenvalue weighted by Crippen LogP contribution is -2.62. The van der Waals surface area contributed by atoms with E-state index in [1.807, 2.05) is 12.3 Å². The minimum Gasteiger partial charge on any atom is -0.345 e. The first kappa shape index (κ1) is 18.9. The molecule has 6 nitrogen and oxygen atoms in total. The van der Waals surface area contributed by atoms with Crippen LogP contribution in [0.3, 0.4) is 0 Å². The molecule has 1 saturated heterocycles. The van der Waals surface area contributed by atoms with Crippen LogP contribution in [-0.4, -0.2) is 33.8 Å². The van der Waals surface area contributed by atoms with E-state index in [9.17, 15) is 4.79 Å². The van der Waals surface area contributed by atoms with Gasteiger partial charge in [-0.15, -0.1) is 11.3 Å². The summed E-state index contributed by atoms with van der Waals surface area (Å²) in [5.74, 6) is 0.282. The molecule has 2 atom stereocenters. The van der Waals surface area contributed by atoms with E-state index in [0.717, 1.165) is 21.7 Å². The van der Waals surface area contributed by atoms with E-state index in [2.05, 4.69) is 45.6 Å². The zero-order chi connectivity index (χ0) is 20.9. The van der Waals surface area contributed by atoms with Crippen molar-refractivity contribution in [2.75, 3.05) is 7.05 Å². The van der Waals surface area contributed by atoms with E-state index in [0.29, 0.717) is 5.92 Å². The van der Waals surface area contributed by atoms with Gasteiger partial charge < -0.3 is 5.32 Å². The summed E-state index contributed by atoms with van der Waals surface area (Å²) in [6, 6.07) is 10.5. The summed E-state index contributed by atoms with van der Waals surface area (Å²) in [7, 11) is 1.65. The fourth-order valence-electron chi connectivity index (χ4n) is 4.20. The smallest absolute Gasteiger partial charge is 0.239 e. The summed E-state index contributed by atoms with van der Waals surface area (Å²) in [5, 5.41) is 13.7. The summed E-state index contributed by atoms with van der Waals surface area (Å²) in [6.45, 7) is 2.01. The van der Waals surface area contributed by atoms with Crippen LogP contribution < -0.4 is 5.32 Å². The summed E-state index contributed by atoms with van der Waals surface area (Å²) in [4.78, 5) is 24.3. The molecule has 3 heterocycles. The molecule has 3 aromatic rings. The molecule has 1 aromatic carbocycles. The Bertz CT molecular complexity index is 1110. The number of amides is 1. The number of hydrogen-bond donors (Lipinski definition) is 2. The highest BCUT2D eigenvalue weighted by Gasteiger charge is 2.49. The van der Waals surface area contributed by atoms with Gasteiger partial charge in [-0.25, -0.2) is 0 Å². The zero-order valence-corrected chi connectivity index (χ0v) is 17.7. The number of aromatic nitrogens is 2. The van der Waals surface area contributed by atoms with E-state index >= 15 is 0 Å². The number of benzene rings is 1. The molecule has 1 saturated carbocycles. The normalized spacial score (nSPS) is 24.1. The van der Waals surface area contributed by atoms with Crippen molar-refractivity contribution in [2.24, 2.45) is 0 Å². The van der Waals surface area contributed by atoms with Crippen LogP contribution in [0.5, 0.6) is 0 Å². The number of hydrogen-bond acceptors (Lipinski definition) is 5. The van der Waals surface area contributed by atoms with Crippen LogP contribution in [0.25, 0.3) is 11.3 Å². The quantitative estimate of drug-likeness (QED) is 0.670. The Morgan fingerprint density at radius 2 is 1.93 bits per heavy atom. The molecule has 2 N–H and O–H groups in total. The van der Waals surface area contributed by atoms with Crippen molar-refractivity contribution in [3.63, 3.8) is 0 Å². The third-order valence-corrected chi connectivity index (χ3v) is 7.32. The van der Waals surface area contributed by atoms with Gasteiger partial charge in [0.05, 0.1) is 23.3 Å². The van der Waals surface area contributed by atoms with Crippen LogP contribution in [0.2, 0.25) is 0 Å². The second-order valence-corrected chi connectivity index (χ2v) is 9.15. The SMILES string of the molecule is CN1C(=N)N[C@](C)(c2cc(-c3cnccn3)cs2)C(c2ccc(C3CC3)cc2)C1=O. The van der Waals surface area contributed by atoms with Gasteiger partial charge in [0, 0.05) is 35.3 Å². The van der Waals surface area contributed by atoms with E-state index < -0.39 is 11.5 Å². The van der Waals surface area contributed by atoms with Crippen LogP contribution in [0.4, 0.5) is 0 Å². The molecule has 7 heteroatoms. The lowest BCUT2D eigenvalue weighted by Gasteiger charge is -2.45. The lowest BCUT2D eigenvalue weighted by molar-refractivity contribution is -0.131. The Labute approximate surface area is 179 Å². The van der Waals surface area contributed by atoms with Crippen LogP contribution in [0.15, 0.2) is 54.3 Å². The predicted octanol–water partition coefficient (Wildman–Crippen LogP) is 4.08. The number of likely N-dealkylation sites (N-methyl/N-ethyl adjacent to an activating group) is 1. The van der Waals surface area contributed by atoms with Crippen molar-refractivity contribution in [3.05, 3.63) is 70.3 Å². The Hall–Kier alpha value is -3.06. The van der Waals surface area contributed by atoms with E-state index in [1.54, 1.807) is 37.0 Å². The fourth-order valence-corrected chi connectivity index (χ4v) is 5.25. The first-order valence-corrected chi connectivity index (χ1v) is 10.9. The van der Waals surface area contributed by atoms with Crippen LogP contribution in [0.1, 0.15) is 47.6 Å². The Kier molecular flexibility index (Phi) is 4.43. The molecule has 152 valence electrons. The molecular formula is C23H23N5OS. The Morgan fingerprint density at radius 1 is 1.20 bits per heavy atom. The van der Waals surface area contributed by atoms with Gasteiger partial charge in [-0.2, -0.15) is 0 Å².